The highest BCUT2D eigenvalue weighted by Gasteiger charge is 2.20. The summed E-state index contributed by atoms with van der Waals surface area (Å²) in [5.41, 5.74) is 3.94. The van der Waals surface area contributed by atoms with Crippen LogP contribution in [0.2, 0.25) is 0 Å². The van der Waals surface area contributed by atoms with Gasteiger partial charge in [0, 0.05) is 5.57 Å². The first-order chi connectivity index (χ1) is 5.25. The van der Waals surface area contributed by atoms with Gasteiger partial charge in [-0.3, -0.25) is 0 Å². The minimum Gasteiger partial charge on any atom is -0.408 e. The van der Waals surface area contributed by atoms with Crippen molar-refractivity contribution in [2.75, 3.05) is 0 Å². The molecule has 0 aromatic heterocycles. The third-order valence-electron chi connectivity index (χ3n) is 1.62. The second kappa shape index (κ2) is 3.39. The van der Waals surface area contributed by atoms with Gasteiger partial charge in [0.15, 0.2) is 0 Å². The first kappa shape index (κ1) is 8.08. The van der Waals surface area contributed by atoms with Crippen LogP contribution in [0, 0.1) is 0 Å². The lowest BCUT2D eigenvalue weighted by Gasteiger charge is -1.96. The summed E-state index contributed by atoms with van der Waals surface area (Å²) in [5, 5.41) is 0. The van der Waals surface area contributed by atoms with E-state index >= 15 is 0 Å². The lowest BCUT2D eigenvalue weighted by Crippen LogP contribution is -2.16. The SMILES string of the molecule is C=C1ONC(C)/C1=C/C=C\C. The summed E-state index contributed by atoms with van der Waals surface area (Å²) in [6, 6.07) is 0.249. The second-order valence-corrected chi connectivity index (χ2v) is 2.51. The highest BCUT2D eigenvalue weighted by Crippen LogP contribution is 2.19. The van der Waals surface area contributed by atoms with Gasteiger partial charge >= 0.3 is 0 Å². The summed E-state index contributed by atoms with van der Waals surface area (Å²) in [7, 11) is 0. The summed E-state index contributed by atoms with van der Waals surface area (Å²) in [5.74, 6) is 0.718. The molecule has 0 aromatic rings. The molecule has 0 spiro atoms. The molecule has 0 amide bonds. The molecule has 11 heavy (non-hydrogen) atoms. The van der Waals surface area contributed by atoms with Crippen LogP contribution in [0.25, 0.3) is 0 Å². The van der Waals surface area contributed by atoms with Gasteiger partial charge in [0.2, 0.25) is 0 Å². The van der Waals surface area contributed by atoms with Crippen molar-refractivity contribution in [2.24, 2.45) is 0 Å². The summed E-state index contributed by atoms with van der Waals surface area (Å²) in [6.45, 7) is 7.77. The van der Waals surface area contributed by atoms with Crippen LogP contribution >= 0.6 is 0 Å². The molecule has 1 atom stereocenters. The van der Waals surface area contributed by atoms with Gasteiger partial charge < -0.3 is 4.84 Å². The van der Waals surface area contributed by atoms with Crippen molar-refractivity contribution in [3.8, 4) is 0 Å². The molecule has 1 N–H and O–H groups in total. The van der Waals surface area contributed by atoms with E-state index in [9.17, 15) is 0 Å². The zero-order valence-corrected chi connectivity index (χ0v) is 6.92. The number of allylic oxidation sites excluding steroid dienone is 3. The zero-order valence-electron chi connectivity index (χ0n) is 6.92. The van der Waals surface area contributed by atoms with Gasteiger partial charge in [-0.05, 0) is 13.8 Å². The summed E-state index contributed by atoms with van der Waals surface area (Å²) in [4.78, 5) is 5.03. The normalized spacial score (nSPS) is 28.4. The molecule has 0 aromatic carbocycles. The Balaban J connectivity index is 2.75. The van der Waals surface area contributed by atoms with Gasteiger partial charge in [0.25, 0.3) is 0 Å². The Morgan fingerprint density at radius 2 is 2.36 bits per heavy atom. The molecule has 1 aliphatic rings. The average Bonchev–Trinajstić information content (AvgIpc) is 2.29. The molecular weight excluding hydrogens is 138 g/mol. The van der Waals surface area contributed by atoms with E-state index < -0.39 is 0 Å². The van der Waals surface area contributed by atoms with Gasteiger partial charge in [-0.25, -0.2) is 0 Å². The van der Waals surface area contributed by atoms with Crippen molar-refractivity contribution in [3.05, 3.63) is 36.1 Å². The Hall–Kier alpha value is -1.02. The topological polar surface area (TPSA) is 21.3 Å². The van der Waals surface area contributed by atoms with Crippen LogP contribution in [0.4, 0.5) is 0 Å². The van der Waals surface area contributed by atoms with E-state index in [1.54, 1.807) is 0 Å². The molecular formula is C9H13NO. The summed E-state index contributed by atoms with van der Waals surface area (Å²) >= 11 is 0. The largest absolute Gasteiger partial charge is 0.408 e. The van der Waals surface area contributed by atoms with Gasteiger partial charge in [0.05, 0.1) is 6.04 Å². The molecule has 1 heterocycles. The molecule has 0 radical (unpaired) electrons. The molecule has 1 rings (SSSR count). The predicted molar refractivity (Wildman–Crippen MR) is 45.7 cm³/mol. The number of hydrogen-bond acceptors (Lipinski definition) is 2. The highest BCUT2D eigenvalue weighted by atomic mass is 16.7. The van der Waals surface area contributed by atoms with Crippen LogP contribution in [0.5, 0.6) is 0 Å². The molecule has 1 unspecified atom stereocenters. The molecule has 60 valence electrons. The maximum atomic E-state index is 5.03. The predicted octanol–water partition coefficient (Wildman–Crippen LogP) is 1.93. The van der Waals surface area contributed by atoms with Gasteiger partial charge in [-0.2, -0.15) is 0 Å². The Morgan fingerprint density at radius 1 is 1.64 bits per heavy atom. The summed E-state index contributed by atoms with van der Waals surface area (Å²) < 4.78 is 0. The molecule has 0 saturated carbocycles. The molecule has 1 aliphatic heterocycles. The third-order valence-corrected chi connectivity index (χ3v) is 1.62. The van der Waals surface area contributed by atoms with Gasteiger partial charge in [0.1, 0.15) is 5.76 Å². The number of hydroxylamine groups is 1. The van der Waals surface area contributed by atoms with Crippen molar-refractivity contribution in [1.82, 2.24) is 5.48 Å². The Kier molecular flexibility index (Phi) is 2.49. The Morgan fingerprint density at radius 3 is 2.82 bits per heavy atom. The van der Waals surface area contributed by atoms with E-state index in [0.717, 1.165) is 11.3 Å². The van der Waals surface area contributed by atoms with E-state index in [1.165, 1.54) is 0 Å². The van der Waals surface area contributed by atoms with Crippen molar-refractivity contribution >= 4 is 0 Å². The number of hydrogen-bond donors (Lipinski definition) is 1. The fourth-order valence-corrected chi connectivity index (χ4v) is 0.961. The molecule has 1 fully saturated rings. The first-order valence-corrected chi connectivity index (χ1v) is 3.70. The molecule has 2 heteroatoms. The van der Waals surface area contributed by atoms with E-state index in [-0.39, 0.29) is 6.04 Å². The Labute approximate surface area is 67.2 Å². The smallest absolute Gasteiger partial charge is 0.144 e. The fraction of sp³-hybridized carbons (Fsp3) is 0.333. The van der Waals surface area contributed by atoms with Crippen molar-refractivity contribution in [3.63, 3.8) is 0 Å². The van der Waals surface area contributed by atoms with E-state index in [4.69, 9.17) is 4.84 Å². The minimum absolute atomic E-state index is 0.249. The third kappa shape index (κ3) is 1.71. The lowest BCUT2D eigenvalue weighted by molar-refractivity contribution is 0.140. The lowest BCUT2D eigenvalue weighted by atomic mass is 10.1. The Bertz CT molecular complexity index is 216. The monoisotopic (exact) mass is 151 g/mol. The molecule has 1 saturated heterocycles. The second-order valence-electron chi connectivity index (χ2n) is 2.51. The fourth-order valence-electron chi connectivity index (χ4n) is 0.961. The van der Waals surface area contributed by atoms with Gasteiger partial charge in [-0.1, -0.05) is 24.8 Å². The highest BCUT2D eigenvalue weighted by molar-refractivity contribution is 5.33. The maximum Gasteiger partial charge on any atom is 0.144 e. The minimum atomic E-state index is 0.249. The van der Waals surface area contributed by atoms with Crippen LogP contribution in [0.15, 0.2) is 36.1 Å². The van der Waals surface area contributed by atoms with E-state index in [0.29, 0.717) is 0 Å². The van der Waals surface area contributed by atoms with Crippen LogP contribution in [0.3, 0.4) is 0 Å². The molecule has 2 nitrogen and oxygen atoms in total. The summed E-state index contributed by atoms with van der Waals surface area (Å²) in [6.07, 6.45) is 5.96. The zero-order chi connectivity index (χ0) is 8.27. The maximum absolute atomic E-state index is 5.03. The van der Waals surface area contributed by atoms with Crippen molar-refractivity contribution < 1.29 is 4.84 Å². The van der Waals surface area contributed by atoms with Gasteiger partial charge in [-0.15, -0.1) is 5.48 Å². The molecule has 0 bridgehead atoms. The average molecular weight is 151 g/mol. The van der Waals surface area contributed by atoms with Crippen molar-refractivity contribution in [1.29, 1.82) is 0 Å². The number of rotatable bonds is 1. The van der Waals surface area contributed by atoms with Crippen LogP contribution in [-0.4, -0.2) is 6.04 Å². The van der Waals surface area contributed by atoms with E-state index in [1.807, 2.05) is 32.1 Å². The van der Waals surface area contributed by atoms with E-state index in [2.05, 4.69) is 12.1 Å². The van der Waals surface area contributed by atoms with Crippen LogP contribution in [-0.2, 0) is 4.84 Å². The van der Waals surface area contributed by atoms with Crippen LogP contribution < -0.4 is 5.48 Å². The standard InChI is InChI=1S/C9H13NO/c1-4-5-6-9-7(2)10-11-8(9)3/h4-7,10H,3H2,1-2H3/b5-4-,9-6-. The molecule has 0 aliphatic carbocycles. The van der Waals surface area contributed by atoms with Crippen LogP contribution in [0.1, 0.15) is 13.8 Å². The number of nitrogens with one attached hydrogen (secondary N) is 1. The quantitative estimate of drug-likeness (QED) is 0.618. The van der Waals surface area contributed by atoms with Crippen molar-refractivity contribution in [2.45, 2.75) is 19.9 Å². The first-order valence-electron chi connectivity index (χ1n) is 3.70.